The molecule has 3 heterocycles. The lowest BCUT2D eigenvalue weighted by atomic mass is 9.79. The number of carbonyl (C=O) groups is 1. The molecule has 2 N–H and O–H groups in total. The van der Waals surface area contributed by atoms with Crippen LogP contribution in [-0.2, 0) is 0 Å². The average molecular weight is 503 g/mol. The highest BCUT2D eigenvalue weighted by Crippen LogP contribution is 2.39. The third kappa shape index (κ3) is 5.05. The van der Waals surface area contributed by atoms with Crippen molar-refractivity contribution in [2.45, 2.75) is 44.8 Å². The SMILES string of the molecule is CCOc1ccc(-c2nnc(C3CC(NC(=O)c4cccc(C(C)O)n4)C3)n2-c2ccccc2F)nc1. The minimum Gasteiger partial charge on any atom is -0.492 e. The van der Waals surface area contributed by atoms with Crippen LogP contribution >= 0.6 is 0 Å². The summed E-state index contributed by atoms with van der Waals surface area (Å²) in [4.78, 5) is 21.4. The Morgan fingerprint density at radius 1 is 1.16 bits per heavy atom. The van der Waals surface area contributed by atoms with Crippen LogP contribution in [0.5, 0.6) is 5.75 Å². The minimum absolute atomic E-state index is 0.0365. The van der Waals surface area contributed by atoms with Crippen LogP contribution < -0.4 is 10.1 Å². The summed E-state index contributed by atoms with van der Waals surface area (Å²) in [5.74, 6) is 0.926. The van der Waals surface area contributed by atoms with Crippen molar-refractivity contribution >= 4 is 5.91 Å². The van der Waals surface area contributed by atoms with Gasteiger partial charge in [0.25, 0.3) is 5.91 Å². The first-order chi connectivity index (χ1) is 17.9. The smallest absolute Gasteiger partial charge is 0.270 e. The predicted molar refractivity (Wildman–Crippen MR) is 134 cm³/mol. The molecular formula is C27H27FN6O3. The van der Waals surface area contributed by atoms with Crippen molar-refractivity contribution in [3.63, 3.8) is 0 Å². The van der Waals surface area contributed by atoms with Crippen LogP contribution in [0.25, 0.3) is 17.2 Å². The van der Waals surface area contributed by atoms with Crippen molar-refractivity contribution in [1.82, 2.24) is 30.0 Å². The van der Waals surface area contributed by atoms with Gasteiger partial charge in [0.2, 0.25) is 0 Å². The number of aliphatic hydroxyl groups is 1. The predicted octanol–water partition coefficient (Wildman–Crippen LogP) is 3.99. The summed E-state index contributed by atoms with van der Waals surface area (Å²) >= 11 is 0. The topological polar surface area (TPSA) is 115 Å². The van der Waals surface area contributed by atoms with Gasteiger partial charge in [0.1, 0.15) is 28.8 Å². The first-order valence-corrected chi connectivity index (χ1v) is 12.2. The monoisotopic (exact) mass is 502 g/mol. The number of aliphatic hydroxyl groups excluding tert-OH is 1. The average Bonchev–Trinajstić information content (AvgIpc) is 3.31. The van der Waals surface area contributed by atoms with E-state index in [9.17, 15) is 14.3 Å². The van der Waals surface area contributed by atoms with E-state index < -0.39 is 11.9 Å². The number of amides is 1. The maximum atomic E-state index is 14.9. The highest BCUT2D eigenvalue weighted by atomic mass is 19.1. The number of halogens is 1. The van der Waals surface area contributed by atoms with Gasteiger partial charge >= 0.3 is 0 Å². The van der Waals surface area contributed by atoms with Crippen molar-refractivity contribution in [3.05, 3.63) is 83.8 Å². The number of nitrogens with zero attached hydrogens (tertiary/aromatic N) is 5. The maximum Gasteiger partial charge on any atom is 0.270 e. The number of pyridine rings is 2. The molecule has 10 heteroatoms. The Morgan fingerprint density at radius 3 is 2.68 bits per heavy atom. The number of rotatable bonds is 8. The summed E-state index contributed by atoms with van der Waals surface area (Å²) in [5.41, 5.74) is 1.56. The number of nitrogens with one attached hydrogen (secondary N) is 1. The van der Waals surface area contributed by atoms with Crippen molar-refractivity contribution < 1.29 is 19.0 Å². The van der Waals surface area contributed by atoms with Gasteiger partial charge in [-0.1, -0.05) is 18.2 Å². The van der Waals surface area contributed by atoms with Crippen LogP contribution in [0.15, 0.2) is 60.8 Å². The molecule has 1 unspecified atom stereocenters. The molecule has 0 bridgehead atoms. The van der Waals surface area contributed by atoms with Gasteiger partial charge in [-0.15, -0.1) is 10.2 Å². The standard InChI is InChI=1S/C27H27FN6O3/c1-3-37-19-11-12-22(29-15-19)26-33-32-25(34(26)24-10-5-4-7-20(24)28)17-13-18(14-17)30-27(36)23-9-6-8-21(31-23)16(2)35/h4-12,15-18,35H,3,13-14H2,1-2H3,(H,30,36). The summed E-state index contributed by atoms with van der Waals surface area (Å²) in [6.07, 6.45) is 2.08. The molecule has 37 heavy (non-hydrogen) atoms. The summed E-state index contributed by atoms with van der Waals surface area (Å²) in [6, 6.07) is 14.9. The highest BCUT2D eigenvalue weighted by Gasteiger charge is 2.36. The fourth-order valence-electron chi connectivity index (χ4n) is 4.38. The third-order valence-electron chi connectivity index (χ3n) is 6.33. The molecule has 3 aromatic heterocycles. The van der Waals surface area contributed by atoms with Crippen LogP contribution in [0.3, 0.4) is 0 Å². The summed E-state index contributed by atoms with van der Waals surface area (Å²) in [6.45, 7) is 4.02. The molecule has 0 saturated heterocycles. The maximum absolute atomic E-state index is 14.9. The molecule has 1 atom stereocenters. The zero-order valence-corrected chi connectivity index (χ0v) is 20.5. The van der Waals surface area contributed by atoms with Gasteiger partial charge in [0.15, 0.2) is 5.82 Å². The molecule has 0 aliphatic heterocycles. The summed E-state index contributed by atoms with van der Waals surface area (Å²) in [5, 5.41) is 21.5. The number of ether oxygens (including phenoxy) is 1. The first-order valence-electron chi connectivity index (χ1n) is 12.2. The van der Waals surface area contributed by atoms with Crippen LogP contribution in [0.4, 0.5) is 4.39 Å². The summed E-state index contributed by atoms with van der Waals surface area (Å²) in [7, 11) is 0. The molecular weight excluding hydrogens is 475 g/mol. The second-order valence-corrected chi connectivity index (χ2v) is 8.94. The lowest BCUT2D eigenvalue weighted by Gasteiger charge is -2.35. The Kier molecular flexibility index (Phi) is 6.91. The molecule has 5 rings (SSSR count). The zero-order chi connectivity index (χ0) is 25.9. The molecule has 190 valence electrons. The molecule has 0 radical (unpaired) electrons. The second kappa shape index (κ2) is 10.4. The zero-order valence-electron chi connectivity index (χ0n) is 20.5. The normalized spacial score (nSPS) is 17.6. The lowest BCUT2D eigenvalue weighted by molar-refractivity contribution is 0.0901. The lowest BCUT2D eigenvalue weighted by Crippen LogP contribution is -2.44. The van der Waals surface area contributed by atoms with Crippen LogP contribution in [0.2, 0.25) is 0 Å². The Morgan fingerprint density at radius 2 is 1.97 bits per heavy atom. The number of para-hydroxylation sites is 1. The second-order valence-electron chi connectivity index (χ2n) is 8.94. The van der Waals surface area contributed by atoms with E-state index in [-0.39, 0.29) is 23.6 Å². The molecule has 4 aromatic rings. The van der Waals surface area contributed by atoms with E-state index in [4.69, 9.17) is 4.74 Å². The van der Waals surface area contributed by atoms with Crippen molar-refractivity contribution in [3.8, 4) is 23.0 Å². The highest BCUT2D eigenvalue weighted by molar-refractivity contribution is 5.92. The van der Waals surface area contributed by atoms with Gasteiger partial charge in [-0.2, -0.15) is 0 Å². The van der Waals surface area contributed by atoms with Crippen LogP contribution in [0, 0.1) is 5.82 Å². The largest absolute Gasteiger partial charge is 0.492 e. The molecule has 0 spiro atoms. The van der Waals surface area contributed by atoms with E-state index in [1.807, 2.05) is 6.92 Å². The quantitative estimate of drug-likeness (QED) is 0.374. The Bertz CT molecular complexity index is 1400. The van der Waals surface area contributed by atoms with E-state index in [1.54, 1.807) is 66.2 Å². The van der Waals surface area contributed by atoms with E-state index in [0.717, 1.165) is 0 Å². The molecule has 9 nitrogen and oxygen atoms in total. The summed E-state index contributed by atoms with van der Waals surface area (Å²) < 4.78 is 22.1. The number of aromatic nitrogens is 5. The van der Waals surface area contributed by atoms with Crippen LogP contribution in [0.1, 0.15) is 60.7 Å². The number of hydrogen-bond donors (Lipinski definition) is 2. The minimum atomic E-state index is -0.760. The van der Waals surface area contributed by atoms with E-state index in [2.05, 4.69) is 25.5 Å². The van der Waals surface area contributed by atoms with Gasteiger partial charge in [-0.3, -0.25) is 9.36 Å². The van der Waals surface area contributed by atoms with E-state index in [0.29, 0.717) is 53.9 Å². The van der Waals surface area contributed by atoms with Crippen molar-refractivity contribution in [2.24, 2.45) is 0 Å². The molecule has 1 fully saturated rings. The fourth-order valence-corrected chi connectivity index (χ4v) is 4.38. The van der Waals surface area contributed by atoms with Crippen LogP contribution in [-0.4, -0.2) is 48.4 Å². The Balaban J connectivity index is 1.37. The molecule has 1 aliphatic rings. The van der Waals surface area contributed by atoms with Gasteiger partial charge in [0.05, 0.1) is 30.3 Å². The fraction of sp³-hybridized carbons (Fsp3) is 0.296. The van der Waals surface area contributed by atoms with Gasteiger partial charge < -0.3 is 15.2 Å². The van der Waals surface area contributed by atoms with E-state index in [1.165, 1.54) is 6.07 Å². The molecule has 1 amide bonds. The van der Waals surface area contributed by atoms with Crippen molar-refractivity contribution in [2.75, 3.05) is 6.61 Å². The molecule has 1 saturated carbocycles. The molecule has 1 aliphatic carbocycles. The first kappa shape index (κ1) is 24.5. The van der Waals surface area contributed by atoms with Gasteiger partial charge in [0, 0.05) is 12.0 Å². The third-order valence-corrected chi connectivity index (χ3v) is 6.33. The number of benzene rings is 1. The Hall–Kier alpha value is -4.18. The number of carbonyl (C=O) groups excluding carboxylic acids is 1. The molecule has 1 aromatic carbocycles. The number of hydrogen-bond acceptors (Lipinski definition) is 7. The Labute approximate surface area is 213 Å². The van der Waals surface area contributed by atoms with Gasteiger partial charge in [-0.05, 0) is 63.1 Å². The van der Waals surface area contributed by atoms with E-state index >= 15 is 0 Å². The van der Waals surface area contributed by atoms with Crippen molar-refractivity contribution in [1.29, 1.82) is 0 Å². The van der Waals surface area contributed by atoms with Gasteiger partial charge in [-0.25, -0.2) is 14.4 Å².